The highest BCUT2D eigenvalue weighted by Crippen LogP contribution is 2.30. The van der Waals surface area contributed by atoms with Crippen LogP contribution in [0.4, 0.5) is 0 Å². The Morgan fingerprint density at radius 3 is 2.96 bits per heavy atom. The Morgan fingerprint density at radius 1 is 1.30 bits per heavy atom. The summed E-state index contributed by atoms with van der Waals surface area (Å²) >= 11 is 12.1. The van der Waals surface area contributed by atoms with Gasteiger partial charge in [-0.15, -0.1) is 0 Å². The number of hydrogen-bond donors (Lipinski definition) is 0. The van der Waals surface area contributed by atoms with Gasteiger partial charge in [0.05, 0.1) is 17.3 Å². The smallest absolute Gasteiger partial charge is 0.275 e. The summed E-state index contributed by atoms with van der Waals surface area (Å²) in [5.41, 5.74) is 1.98. The van der Waals surface area contributed by atoms with Crippen molar-refractivity contribution in [1.82, 2.24) is 24.1 Å². The minimum Gasteiger partial charge on any atom is -0.332 e. The maximum Gasteiger partial charge on any atom is 0.275 e. The second-order valence-corrected chi connectivity index (χ2v) is 6.34. The first-order chi connectivity index (χ1) is 11.0. The molecule has 0 spiro atoms. The van der Waals surface area contributed by atoms with Gasteiger partial charge in [-0.1, -0.05) is 23.2 Å². The minimum absolute atomic E-state index is 0.0647. The van der Waals surface area contributed by atoms with Crippen molar-refractivity contribution in [3.8, 4) is 0 Å². The van der Waals surface area contributed by atoms with Gasteiger partial charge in [0.2, 0.25) is 0 Å². The first kappa shape index (κ1) is 14.5. The summed E-state index contributed by atoms with van der Waals surface area (Å²) in [4.78, 5) is 18.8. The highest BCUT2D eigenvalue weighted by Gasteiger charge is 2.30. The number of aromatic nitrogens is 4. The van der Waals surface area contributed by atoms with Crippen molar-refractivity contribution in [2.24, 2.45) is 0 Å². The number of amides is 1. The van der Waals surface area contributed by atoms with Crippen LogP contribution < -0.4 is 0 Å². The van der Waals surface area contributed by atoms with Crippen molar-refractivity contribution in [3.63, 3.8) is 0 Å². The summed E-state index contributed by atoms with van der Waals surface area (Å²) in [5, 5.41) is 5.46. The number of nitrogens with zero attached hydrogens (tertiary/aromatic N) is 5. The summed E-state index contributed by atoms with van der Waals surface area (Å²) in [6.45, 7) is 3.25. The number of rotatable bonds is 1. The molecule has 0 saturated carbocycles. The minimum atomic E-state index is -0.123. The van der Waals surface area contributed by atoms with E-state index in [2.05, 4.69) is 10.1 Å². The van der Waals surface area contributed by atoms with Crippen LogP contribution in [0.5, 0.6) is 0 Å². The highest BCUT2D eigenvalue weighted by atomic mass is 35.5. The lowest BCUT2D eigenvalue weighted by molar-refractivity contribution is 0.0637. The third kappa shape index (κ3) is 2.29. The predicted octanol–water partition coefficient (Wildman–Crippen LogP) is 3.05. The van der Waals surface area contributed by atoms with E-state index in [9.17, 15) is 4.79 Å². The monoisotopic (exact) mass is 349 g/mol. The van der Waals surface area contributed by atoms with E-state index >= 15 is 0 Å². The van der Waals surface area contributed by atoms with E-state index < -0.39 is 0 Å². The fraction of sp³-hybridized carbons (Fsp3) is 0.267. The third-order valence-corrected chi connectivity index (χ3v) is 4.71. The number of halogens is 2. The zero-order valence-electron chi connectivity index (χ0n) is 12.3. The van der Waals surface area contributed by atoms with Crippen LogP contribution in [-0.2, 0) is 6.54 Å². The Bertz CT molecular complexity index is 916. The lowest BCUT2D eigenvalue weighted by Gasteiger charge is -2.34. The largest absolute Gasteiger partial charge is 0.332 e. The van der Waals surface area contributed by atoms with Crippen LogP contribution in [0.3, 0.4) is 0 Å². The van der Waals surface area contributed by atoms with Gasteiger partial charge in [-0.3, -0.25) is 4.79 Å². The van der Waals surface area contributed by atoms with Gasteiger partial charge in [0.15, 0.2) is 11.3 Å². The number of carbonyl (C=O) groups is 1. The molecule has 0 aliphatic carbocycles. The Hall–Kier alpha value is -2.05. The third-order valence-electron chi connectivity index (χ3n) is 4.18. The van der Waals surface area contributed by atoms with Gasteiger partial charge in [-0.2, -0.15) is 5.10 Å². The van der Waals surface area contributed by atoms with Gasteiger partial charge in [-0.25, -0.2) is 9.50 Å². The fourth-order valence-electron chi connectivity index (χ4n) is 3.00. The summed E-state index contributed by atoms with van der Waals surface area (Å²) in [5.74, 6) is -0.123. The van der Waals surface area contributed by atoms with Gasteiger partial charge >= 0.3 is 0 Å². The van der Waals surface area contributed by atoms with Crippen LogP contribution in [0.2, 0.25) is 10.2 Å². The molecule has 6 nitrogen and oxygen atoms in total. The molecule has 4 rings (SSSR count). The quantitative estimate of drug-likeness (QED) is 0.678. The molecular formula is C15H13Cl2N5O. The average Bonchev–Trinajstić information content (AvgIpc) is 3.11. The number of fused-ring (bicyclic) bond motifs is 2. The van der Waals surface area contributed by atoms with E-state index in [1.807, 2.05) is 23.6 Å². The van der Waals surface area contributed by atoms with Gasteiger partial charge in [-0.05, 0) is 19.1 Å². The van der Waals surface area contributed by atoms with Crippen LogP contribution in [-0.4, -0.2) is 36.5 Å². The maximum absolute atomic E-state index is 12.8. The van der Waals surface area contributed by atoms with Crippen molar-refractivity contribution < 1.29 is 4.79 Å². The molecule has 8 heteroatoms. The highest BCUT2D eigenvalue weighted by molar-refractivity contribution is 6.30. The molecule has 1 unspecified atom stereocenters. The molecule has 0 saturated heterocycles. The zero-order valence-corrected chi connectivity index (χ0v) is 13.8. The van der Waals surface area contributed by atoms with E-state index in [1.165, 1.54) is 10.7 Å². The summed E-state index contributed by atoms with van der Waals surface area (Å²) in [7, 11) is 0. The lowest BCUT2D eigenvalue weighted by Crippen LogP contribution is -2.41. The van der Waals surface area contributed by atoms with Crippen molar-refractivity contribution in [1.29, 1.82) is 0 Å². The molecule has 1 amide bonds. The first-order valence-electron chi connectivity index (χ1n) is 7.21. The van der Waals surface area contributed by atoms with E-state index in [0.29, 0.717) is 34.6 Å². The Labute approximate surface area is 142 Å². The Kier molecular flexibility index (Phi) is 3.32. The zero-order chi connectivity index (χ0) is 16.1. The van der Waals surface area contributed by atoms with Crippen LogP contribution in [0.1, 0.15) is 29.1 Å². The van der Waals surface area contributed by atoms with Crippen LogP contribution >= 0.6 is 23.2 Å². The molecule has 1 aliphatic rings. The summed E-state index contributed by atoms with van der Waals surface area (Å²) < 4.78 is 3.55. The van der Waals surface area contributed by atoms with Crippen molar-refractivity contribution in [3.05, 3.63) is 52.2 Å². The molecule has 3 aromatic rings. The maximum atomic E-state index is 12.8. The molecule has 3 aromatic heterocycles. The SMILES string of the molecule is CC1c2ccc(Cl)n2CCN1C(=O)c1cc2ncc(Cl)cn2n1. The molecule has 0 aromatic carbocycles. The summed E-state index contributed by atoms with van der Waals surface area (Å²) in [6, 6.07) is 5.42. The van der Waals surface area contributed by atoms with E-state index in [-0.39, 0.29) is 11.9 Å². The Morgan fingerprint density at radius 2 is 2.13 bits per heavy atom. The molecular weight excluding hydrogens is 337 g/mol. The molecule has 1 aliphatic heterocycles. The van der Waals surface area contributed by atoms with Crippen LogP contribution in [0.25, 0.3) is 5.65 Å². The van der Waals surface area contributed by atoms with Crippen LogP contribution in [0.15, 0.2) is 30.6 Å². The number of hydrogen-bond acceptors (Lipinski definition) is 3. The molecule has 0 radical (unpaired) electrons. The number of carbonyl (C=O) groups excluding carboxylic acids is 1. The van der Waals surface area contributed by atoms with Gasteiger partial charge in [0.1, 0.15) is 5.15 Å². The van der Waals surface area contributed by atoms with E-state index in [1.54, 1.807) is 17.2 Å². The van der Waals surface area contributed by atoms with Gasteiger partial charge < -0.3 is 9.47 Å². The van der Waals surface area contributed by atoms with Gasteiger partial charge in [0, 0.05) is 31.0 Å². The van der Waals surface area contributed by atoms with Crippen molar-refractivity contribution >= 4 is 34.8 Å². The van der Waals surface area contributed by atoms with E-state index in [4.69, 9.17) is 23.2 Å². The second-order valence-electron chi connectivity index (χ2n) is 5.51. The van der Waals surface area contributed by atoms with E-state index in [0.717, 1.165) is 5.69 Å². The molecule has 0 fully saturated rings. The molecule has 0 N–H and O–H groups in total. The first-order valence-corrected chi connectivity index (χ1v) is 7.97. The predicted molar refractivity (Wildman–Crippen MR) is 86.9 cm³/mol. The average molecular weight is 350 g/mol. The fourth-order valence-corrected chi connectivity index (χ4v) is 3.39. The van der Waals surface area contributed by atoms with Crippen LogP contribution in [0, 0.1) is 0 Å². The molecule has 0 bridgehead atoms. The normalized spacial score (nSPS) is 17.5. The second kappa shape index (κ2) is 5.25. The van der Waals surface area contributed by atoms with Crippen molar-refractivity contribution in [2.75, 3.05) is 6.54 Å². The lowest BCUT2D eigenvalue weighted by atomic mass is 10.1. The molecule has 118 valence electrons. The summed E-state index contributed by atoms with van der Waals surface area (Å²) in [6.07, 6.45) is 3.16. The topological polar surface area (TPSA) is 55.4 Å². The standard InChI is InChI=1S/C15H13Cl2N5O/c1-9-12-2-3-13(17)21(12)5-4-20(9)15(23)11-6-14-18-7-10(16)8-22(14)19-11/h2-3,6-9H,4-5H2,1H3. The molecule has 23 heavy (non-hydrogen) atoms. The molecule has 4 heterocycles. The van der Waals surface area contributed by atoms with Crippen molar-refractivity contribution in [2.45, 2.75) is 19.5 Å². The Balaban J connectivity index is 1.68. The molecule has 1 atom stereocenters. The van der Waals surface area contributed by atoms with Gasteiger partial charge in [0.25, 0.3) is 5.91 Å².